The number of tetrazole rings is 1. The second-order valence-corrected chi connectivity index (χ2v) is 5.61. The lowest BCUT2D eigenvalue weighted by atomic mass is 10.2. The lowest BCUT2D eigenvalue weighted by molar-refractivity contribution is -0.116. The number of imidazole rings is 1. The van der Waals surface area contributed by atoms with Crippen LogP contribution >= 0.6 is 0 Å². The molecule has 2 aromatic carbocycles. The molecule has 0 fully saturated rings. The first-order chi connectivity index (χ1) is 13.3. The number of amides is 1. The molecule has 2 aromatic heterocycles. The minimum absolute atomic E-state index is 0.125. The molecule has 2 heterocycles. The van der Waals surface area contributed by atoms with Crippen LogP contribution in [0.15, 0.2) is 67.0 Å². The van der Waals surface area contributed by atoms with Gasteiger partial charge >= 0.3 is 6.01 Å². The summed E-state index contributed by atoms with van der Waals surface area (Å²) in [6.07, 6.45) is 3.46. The van der Waals surface area contributed by atoms with E-state index in [9.17, 15) is 4.79 Å². The molecule has 9 nitrogen and oxygen atoms in total. The summed E-state index contributed by atoms with van der Waals surface area (Å²) in [6, 6.07) is 16.7. The maximum atomic E-state index is 12.4. The average Bonchev–Trinajstić information content (AvgIpc) is 3.36. The van der Waals surface area contributed by atoms with Crippen molar-refractivity contribution in [2.45, 2.75) is 6.54 Å². The van der Waals surface area contributed by atoms with E-state index in [1.54, 1.807) is 41.2 Å². The molecule has 0 atom stereocenters. The molecule has 4 rings (SSSR count). The second-order valence-electron chi connectivity index (χ2n) is 5.61. The number of hydrogen-bond donors (Lipinski definition) is 2. The zero-order chi connectivity index (χ0) is 18.5. The number of H-pyrrole nitrogens is 1. The summed E-state index contributed by atoms with van der Waals surface area (Å²) >= 11 is 0. The molecule has 0 unspecified atom stereocenters. The molecule has 0 saturated heterocycles. The van der Waals surface area contributed by atoms with Crippen LogP contribution in [0.5, 0.6) is 11.8 Å². The standard InChI is InChI=1S/C18H15N7O2/c26-16(12-25-11-10-19-17(25)13-4-2-1-3-5-13)20-14-6-8-15(9-7-14)27-18-21-23-24-22-18/h1-11H,12H2,(H,20,26)(H,21,22,23,24). The third kappa shape index (κ3) is 3.98. The van der Waals surface area contributed by atoms with Crippen LogP contribution in [-0.2, 0) is 11.3 Å². The van der Waals surface area contributed by atoms with Gasteiger partial charge in [0.25, 0.3) is 0 Å². The molecule has 134 valence electrons. The summed E-state index contributed by atoms with van der Waals surface area (Å²) in [5.41, 5.74) is 1.61. The molecule has 27 heavy (non-hydrogen) atoms. The fourth-order valence-electron chi connectivity index (χ4n) is 2.55. The van der Waals surface area contributed by atoms with E-state index in [-0.39, 0.29) is 18.5 Å². The molecule has 9 heteroatoms. The van der Waals surface area contributed by atoms with Crippen molar-refractivity contribution >= 4 is 11.6 Å². The Hall–Kier alpha value is -4.01. The van der Waals surface area contributed by atoms with E-state index in [1.165, 1.54) is 0 Å². The number of rotatable bonds is 6. The van der Waals surface area contributed by atoms with E-state index in [0.29, 0.717) is 11.4 Å². The quantitative estimate of drug-likeness (QED) is 0.546. The maximum absolute atomic E-state index is 12.4. The van der Waals surface area contributed by atoms with Gasteiger partial charge in [-0.3, -0.25) is 4.79 Å². The third-order valence-corrected chi connectivity index (χ3v) is 3.73. The first-order valence-electron chi connectivity index (χ1n) is 8.16. The van der Waals surface area contributed by atoms with Crippen LogP contribution in [0, 0.1) is 0 Å². The minimum Gasteiger partial charge on any atom is -0.422 e. The van der Waals surface area contributed by atoms with Gasteiger partial charge in [0.2, 0.25) is 5.91 Å². The van der Waals surface area contributed by atoms with Gasteiger partial charge < -0.3 is 14.6 Å². The van der Waals surface area contributed by atoms with Gasteiger partial charge in [0.05, 0.1) is 0 Å². The van der Waals surface area contributed by atoms with Gasteiger partial charge in [0.1, 0.15) is 18.1 Å². The number of nitrogens with zero attached hydrogens (tertiary/aromatic N) is 5. The van der Waals surface area contributed by atoms with E-state index in [1.807, 2.05) is 30.3 Å². The van der Waals surface area contributed by atoms with Gasteiger partial charge in [-0.2, -0.15) is 5.21 Å². The molecule has 0 saturated carbocycles. The van der Waals surface area contributed by atoms with Crippen molar-refractivity contribution in [2.24, 2.45) is 0 Å². The van der Waals surface area contributed by atoms with Gasteiger partial charge in [-0.15, -0.1) is 0 Å². The number of carbonyl (C=O) groups is 1. The van der Waals surface area contributed by atoms with Gasteiger partial charge in [-0.25, -0.2) is 4.98 Å². The Bertz CT molecular complexity index is 1010. The number of hydrogen-bond acceptors (Lipinski definition) is 6. The van der Waals surface area contributed by atoms with E-state index < -0.39 is 0 Å². The van der Waals surface area contributed by atoms with Crippen molar-refractivity contribution < 1.29 is 9.53 Å². The number of benzene rings is 2. The number of nitrogens with one attached hydrogen (secondary N) is 2. The second kappa shape index (κ2) is 7.48. The fourth-order valence-corrected chi connectivity index (χ4v) is 2.55. The van der Waals surface area contributed by atoms with Crippen LogP contribution in [0.3, 0.4) is 0 Å². The molecule has 0 spiro atoms. The highest BCUT2D eigenvalue weighted by Crippen LogP contribution is 2.20. The SMILES string of the molecule is O=C(Cn1ccnc1-c1ccccc1)Nc1ccc(Oc2nn[nH]n2)cc1. The molecule has 0 bridgehead atoms. The monoisotopic (exact) mass is 361 g/mol. The van der Waals surface area contributed by atoms with E-state index in [0.717, 1.165) is 11.4 Å². The highest BCUT2D eigenvalue weighted by atomic mass is 16.5. The number of aromatic amines is 1. The lowest BCUT2D eigenvalue weighted by Gasteiger charge is -2.09. The lowest BCUT2D eigenvalue weighted by Crippen LogP contribution is -2.18. The molecule has 2 N–H and O–H groups in total. The van der Waals surface area contributed by atoms with Crippen molar-refractivity contribution in [2.75, 3.05) is 5.32 Å². The maximum Gasteiger partial charge on any atom is 0.361 e. The number of anilines is 1. The summed E-state index contributed by atoms with van der Waals surface area (Å²) in [5.74, 6) is 1.13. The van der Waals surface area contributed by atoms with Crippen molar-refractivity contribution in [3.8, 4) is 23.1 Å². The number of ether oxygens (including phenoxy) is 1. The molecule has 0 aliphatic heterocycles. The van der Waals surface area contributed by atoms with Crippen molar-refractivity contribution in [3.63, 3.8) is 0 Å². The topological polar surface area (TPSA) is 111 Å². The van der Waals surface area contributed by atoms with Crippen LogP contribution in [0.1, 0.15) is 0 Å². The summed E-state index contributed by atoms with van der Waals surface area (Å²) in [7, 11) is 0. The largest absolute Gasteiger partial charge is 0.422 e. The Balaban J connectivity index is 1.39. The average molecular weight is 361 g/mol. The van der Waals surface area contributed by atoms with E-state index in [2.05, 4.69) is 30.9 Å². The zero-order valence-corrected chi connectivity index (χ0v) is 14.1. The summed E-state index contributed by atoms with van der Waals surface area (Å²) in [5, 5.41) is 16.0. The normalized spacial score (nSPS) is 10.5. The van der Waals surface area contributed by atoms with Crippen molar-refractivity contribution in [1.82, 2.24) is 30.2 Å². The molecule has 0 radical (unpaired) electrons. The minimum atomic E-state index is -0.156. The summed E-state index contributed by atoms with van der Waals surface area (Å²) < 4.78 is 7.19. The van der Waals surface area contributed by atoms with Gasteiger partial charge in [-0.05, 0) is 29.5 Å². The number of aromatic nitrogens is 6. The first kappa shape index (κ1) is 16.5. The molecular formula is C18H15N7O2. The van der Waals surface area contributed by atoms with Gasteiger partial charge in [0, 0.05) is 23.6 Å². The van der Waals surface area contributed by atoms with Gasteiger partial charge in [0.15, 0.2) is 0 Å². The predicted molar refractivity (Wildman–Crippen MR) is 97.0 cm³/mol. The Labute approximate surface area is 154 Å². The smallest absolute Gasteiger partial charge is 0.361 e. The molecule has 4 aromatic rings. The summed E-state index contributed by atoms with van der Waals surface area (Å²) in [4.78, 5) is 16.7. The van der Waals surface area contributed by atoms with Gasteiger partial charge in [-0.1, -0.05) is 40.5 Å². The van der Waals surface area contributed by atoms with Crippen LogP contribution in [0.4, 0.5) is 5.69 Å². The fraction of sp³-hybridized carbons (Fsp3) is 0.0556. The molecule has 1 amide bonds. The zero-order valence-electron chi connectivity index (χ0n) is 14.1. The van der Waals surface area contributed by atoms with Crippen LogP contribution in [-0.4, -0.2) is 36.1 Å². The summed E-state index contributed by atoms with van der Waals surface area (Å²) in [6.45, 7) is 0.158. The molecular weight excluding hydrogens is 346 g/mol. The third-order valence-electron chi connectivity index (χ3n) is 3.73. The van der Waals surface area contributed by atoms with E-state index in [4.69, 9.17) is 4.74 Å². The Kier molecular flexibility index (Phi) is 4.56. The highest BCUT2D eigenvalue weighted by Gasteiger charge is 2.10. The number of carbonyl (C=O) groups excluding carboxylic acids is 1. The molecule has 0 aliphatic rings. The Morgan fingerprint density at radius 3 is 2.67 bits per heavy atom. The Morgan fingerprint density at radius 2 is 1.93 bits per heavy atom. The predicted octanol–water partition coefficient (Wildman–Crippen LogP) is 2.49. The highest BCUT2D eigenvalue weighted by molar-refractivity contribution is 5.90. The van der Waals surface area contributed by atoms with Crippen LogP contribution < -0.4 is 10.1 Å². The molecule has 0 aliphatic carbocycles. The van der Waals surface area contributed by atoms with Crippen LogP contribution in [0.2, 0.25) is 0 Å². The first-order valence-corrected chi connectivity index (χ1v) is 8.16. The van der Waals surface area contributed by atoms with E-state index >= 15 is 0 Å². The Morgan fingerprint density at radius 1 is 1.11 bits per heavy atom. The van der Waals surface area contributed by atoms with Crippen molar-refractivity contribution in [1.29, 1.82) is 0 Å². The van der Waals surface area contributed by atoms with Crippen molar-refractivity contribution in [3.05, 3.63) is 67.0 Å². The van der Waals surface area contributed by atoms with Crippen LogP contribution in [0.25, 0.3) is 11.4 Å².